The molecule has 0 spiro atoms. The summed E-state index contributed by atoms with van der Waals surface area (Å²) in [5, 5.41) is 3.91. The maximum atomic E-state index is 6.35. The van der Waals surface area contributed by atoms with E-state index in [1.807, 2.05) is 0 Å². The Hall–Kier alpha value is -1.54. The third kappa shape index (κ3) is 3.17. The fourth-order valence-electron chi connectivity index (χ4n) is 4.72. The predicted octanol–water partition coefficient (Wildman–Crippen LogP) is 5.77. The Morgan fingerprint density at radius 1 is 1.20 bits per heavy atom. The van der Waals surface area contributed by atoms with E-state index in [4.69, 9.17) is 4.74 Å². The van der Waals surface area contributed by atoms with Crippen molar-refractivity contribution >= 4 is 5.69 Å². The summed E-state index contributed by atoms with van der Waals surface area (Å²) in [6.07, 6.45) is 10.7. The Balaban J connectivity index is 1.70. The minimum absolute atomic E-state index is 0.171. The molecule has 1 unspecified atom stereocenters. The van der Waals surface area contributed by atoms with Crippen LogP contribution in [0.5, 0.6) is 0 Å². The molecule has 25 heavy (non-hydrogen) atoms. The van der Waals surface area contributed by atoms with Crippen molar-refractivity contribution in [3.63, 3.8) is 0 Å². The Bertz CT molecular complexity index is 709. The third-order valence-electron chi connectivity index (χ3n) is 6.13. The highest BCUT2D eigenvalue weighted by Gasteiger charge is 2.42. The molecule has 0 radical (unpaired) electrons. The summed E-state index contributed by atoms with van der Waals surface area (Å²) >= 11 is 0. The molecule has 1 N–H and O–H groups in total. The van der Waals surface area contributed by atoms with Gasteiger partial charge in [0, 0.05) is 35.7 Å². The van der Waals surface area contributed by atoms with Crippen LogP contribution in [0.15, 0.2) is 42.0 Å². The molecule has 1 aromatic carbocycles. The van der Waals surface area contributed by atoms with Gasteiger partial charge in [-0.1, -0.05) is 56.7 Å². The highest BCUT2D eigenvalue weighted by Crippen LogP contribution is 2.47. The van der Waals surface area contributed by atoms with Crippen molar-refractivity contribution in [2.75, 3.05) is 11.9 Å². The first-order chi connectivity index (χ1) is 11.9. The largest absolute Gasteiger partial charge is 0.381 e. The number of hydrogen-bond acceptors (Lipinski definition) is 2. The van der Waals surface area contributed by atoms with Crippen LogP contribution in [0, 0.1) is 11.8 Å². The van der Waals surface area contributed by atoms with Crippen LogP contribution in [0.3, 0.4) is 0 Å². The number of allylic oxidation sites excluding steroid dienone is 3. The van der Waals surface area contributed by atoms with Crippen molar-refractivity contribution < 1.29 is 4.74 Å². The van der Waals surface area contributed by atoms with Gasteiger partial charge in [0.1, 0.15) is 0 Å². The SMILES string of the molecule is CC1=CC=CC([C@@H]2Nc3ccc(C(C)(C)C)cc3[C@H]3OCCC[C@H]32)C1. The van der Waals surface area contributed by atoms with Gasteiger partial charge in [-0.05, 0) is 43.2 Å². The molecule has 4 rings (SSSR count). The van der Waals surface area contributed by atoms with Gasteiger partial charge < -0.3 is 10.1 Å². The molecular formula is C23H31NO. The molecule has 2 nitrogen and oxygen atoms in total. The summed E-state index contributed by atoms with van der Waals surface area (Å²) in [6.45, 7) is 10.0. The average molecular weight is 338 g/mol. The quantitative estimate of drug-likeness (QED) is 0.702. The van der Waals surface area contributed by atoms with Gasteiger partial charge in [-0.15, -0.1) is 0 Å². The van der Waals surface area contributed by atoms with Crippen molar-refractivity contribution in [2.45, 2.75) is 64.5 Å². The fourth-order valence-corrected chi connectivity index (χ4v) is 4.72. The molecule has 134 valence electrons. The number of hydrogen-bond donors (Lipinski definition) is 1. The van der Waals surface area contributed by atoms with Gasteiger partial charge >= 0.3 is 0 Å². The average Bonchev–Trinajstić information content (AvgIpc) is 2.60. The molecule has 1 fully saturated rings. The van der Waals surface area contributed by atoms with Crippen LogP contribution in [-0.4, -0.2) is 12.6 Å². The lowest BCUT2D eigenvalue weighted by atomic mass is 9.72. The number of anilines is 1. The van der Waals surface area contributed by atoms with Crippen molar-refractivity contribution in [1.29, 1.82) is 0 Å². The molecule has 0 saturated carbocycles. The molecule has 0 bridgehead atoms. The highest BCUT2D eigenvalue weighted by atomic mass is 16.5. The van der Waals surface area contributed by atoms with E-state index >= 15 is 0 Å². The van der Waals surface area contributed by atoms with Gasteiger partial charge in [0.05, 0.1) is 6.10 Å². The minimum atomic E-state index is 0.171. The lowest BCUT2D eigenvalue weighted by Gasteiger charge is -2.46. The Kier molecular flexibility index (Phi) is 4.27. The molecule has 2 heterocycles. The van der Waals surface area contributed by atoms with Crippen LogP contribution in [0.4, 0.5) is 5.69 Å². The molecule has 0 aromatic heterocycles. The number of fused-ring (bicyclic) bond motifs is 3. The van der Waals surface area contributed by atoms with Gasteiger partial charge in [0.2, 0.25) is 0 Å². The summed E-state index contributed by atoms with van der Waals surface area (Å²) in [5.41, 5.74) is 5.71. The van der Waals surface area contributed by atoms with E-state index < -0.39 is 0 Å². The minimum Gasteiger partial charge on any atom is -0.381 e. The molecule has 2 heteroatoms. The maximum Gasteiger partial charge on any atom is 0.0892 e. The van der Waals surface area contributed by atoms with Crippen molar-refractivity contribution in [2.24, 2.45) is 11.8 Å². The van der Waals surface area contributed by atoms with Gasteiger partial charge in [-0.2, -0.15) is 0 Å². The van der Waals surface area contributed by atoms with Crippen LogP contribution in [0.1, 0.15) is 64.2 Å². The lowest BCUT2D eigenvalue weighted by molar-refractivity contribution is -0.0419. The molecule has 4 atom stereocenters. The van der Waals surface area contributed by atoms with Crippen LogP contribution in [-0.2, 0) is 10.2 Å². The standard InChI is InChI=1S/C23H31NO/c1-15-7-5-8-16(13-15)21-18-9-6-12-25-22(18)19-14-17(23(2,3)4)10-11-20(19)24-21/h5,7-8,10-11,14,16,18,21-22,24H,6,9,12-13H2,1-4H3/t16?,18-,21-,22-/m0/s1. The maximum absolute atomic E-state index is 6.35. The molecule has 1 aliphatic carbocycles. The molecule has 0 amide bonds. The number of nitrogens with one attached hydrogen (secondary N) is 1. The second-order valence-electron chi connectivity index (χ2n) is 9.09. The number of rotatable bonds is 1. The predicted molar refractivity (Wildman–Crippen MR) is 105 cm³/mol. The zero-order valence-electron chi connectivity index (χ0n) is 16.0. The van der Waals surface area contributed by atoms with E-state index in [2.05, 4.69) is 69.4 Å². The second kappa shape index (κ2) is 6.32. The Morgan fingerprint density at radius 3 is 2.80 bits per heavy atom. The van der Waals surface area contributed by atoms with Crippen LogP contribution >= 0.6 is 0 Å². The summed E-state index contributed by atoms with van der Waals surface area (Å²) < 4.78 is 6.35. The molecule has 2 aliphatic heterocycles. The number of ether oxygens (including phenoxy) is 1. The molecule has 1 aromatic rings. The summed E-state index contributed by atoms with van der Waals surface area (Å²) in [5.74, 6) is 1.13. The van der Waals surface area contributed by atoms with E-state index in [9.17, 15) is 0 Å². The van der Waals surface area contributed by atoms with Crippen molar-refractivity contribution in [1.82, 2.24) is 0 Å². The van der Waals surface area contributed by atoms with E-state index in [-0.39, 0.29) is 11.5 Å². The Morgan fingerprint density at radius 2 is 2.04 bits per heavy atom. The first kappa shape index (κ1) is 16.9. The fraction of sp³-hybridized carbons (Fsp3) is 0.565. The van der Waals surface area contributed by atoms with E-state index in [1.54, 1.807) is 0 Å². The van der Waals surface area contributed by atoms with Gasteiger partial charge in [-0.3, -0.25) is 0 Å². The van der Waals surface area contributed by atoms with Gasteiger partial charge in [0.15, 0.2) is 0 Å². The topological polar surface area (TPSA) is 21.3 Å². The Labute approximate surface area is 152 Å². The van der Waals surface area contributed by atoms with Crippen LogP contribution < -0.4 is 5.32 Å². The van der Waals surface area contributed by atoms with Gasteiger partial charge in [0.25, 0.3) is 0 Å². The van der Waals surface area contributed by atoms with Crippen molar-refractivity contribution in [3.05, 3.63) is 53.1 Å². The third-order valence-corrected chi connectivity index (χ3v) is 6.13. The van der Waals surface area contributed by atoms with Crippen LogP contribution in [0.2, 0.25) is 0 Å². The molecule has 3 aliphatic rings. The monoisotopic (exact) mass is 337 g/mol. The highest BCUT2D eigenvalue weighted by molar-refractivity contribution is 5.58. The summed E-state index contributed by atoms with van der Waals surface area (Å²) in [4.78, 5) is 0. The van der Waals surface area contributed by atoms with E-state index in [0.29, 0.717) is 17.9 Å². The first-order valence-electron chi connectivity index (χ1n) is 9.80. The van der Waals surface area contributed by atoms with Crippen LogP contribution in [0.25, 0.3) is 0 Å². The lowest BCUT2D eigenvalue weighted by Crippen LogP contribution is -2.45. The normalized spacial score (nSPS) is 31.6. The number of benzene rings is 1. The molecule has 1 saturated heterocycles. The second-order valence-corrected chi connectivity index (χ2v) is 9.09. The summed E-state index contributed by atoms with van der Waals surface area (Å²) in [6, 6.07) is 7.43. The van der Waals surface area contributed by atoms with Crippen molar-refractivity contribution in [3.8, 4) is 0 Å². The smallest absolute Gasteiger partial charge is 0.0892 e. The first-order valence-corrected chi connectivity index (χ1v) is 9.80. The van der Waals surface area contributed by atoms with Gasteiger partial charge in [-0.25, -0.2) is 0 Å². The van der Waals surface area contributed by atoms with E-state index in [1.165, 1.54) is 35.2 Å². The van der Waals surface area contributed by atoms with E-state index in [0.717, 1.165) is 13.0 Å². The summed E-state index contributed by atoms with van der Waals surface area (Å²) in [7, 11) is 0. The zero-order valence-corrected chi connectivity index (χ0v) is 16.0. The zero-order chi connectivity index (χ0) is 17.6. The molecular weight excluding hydrogens is 306 g/mol.